The fourth-order valence-electron chi connectivity index (χ4n) is 2.43. The molecule has 0 N–H and O–H groups in total. The van der Waals surface area contributed by atoms with Gasteiger partial charge >= 0.3 is 0 Å². The lowest BCUT2D eigenvalue weighted by atomic mass is 10.00. The molecule has 0 amide bonds. The van der Waals surface area contributed by atoms with Gasteiger partial charge in [0.1, 0.15) is 11.6 Å². The molecule has 1 aromatic heterocycles. The van der Waals surface area contributed by atoms with Crippen LogP contribution in [0, 0.1) is 11.6 Å². The minimum absolute atomic E-state index is 0.0924. The first-order valence-corrected chi connectivity index (χ1v) is 7.77. The van der Waals surface area contributed by atoms with Gasteiger partial charge in [0, 0.05) is 31.9 Å². The summed E-state index contributed by atoms with van der Waals surface area (Å²) in [5.41, 5.74) is 0.350. The number of nitrogens with zero attached hydrogens (tertiary/aromatic N) is 3. The lowest BCUT2D eigenvalue weighted by molar-refractivity contribution is 0.373. The molecule has 1 aliphatic rings. The predicted octanol–water partition coefficient (Wildman–Crippen LogP) is 1.45. The molecule has 0 aliphatic carbocycles. The van der Waals surface area contributed by atoms with Gasteiger partial charge in [-0.25, -0.2) is 22.2 Å². The van der Waals surface area contributed by atoms with Gasteiger partial charge in [0.25, 0.3) is 10.0 Å². The summed E-state index contributed by atoms with van der Waals surface area (Å²) in [6.45, 7) is -0.0793. The molecule has 8 heteroatoms. The summed E-state index contributed by atoms with van der Waals surface area (Å²) in [5, 5.41) is -0.0924. The van der Waals surface area contributed by atoms with Crippen LogP contribution in [0.1, 0.15) is 11.1 Å². The molecule has 0 saturated carbocycles. The number of aromatic nitrogens is 2. The van der Waals surface area contributed by atoms with Gasteiger partial charge in [-0.2, -0.15) is 4.31 Å². The smallest absolute Gasteiger partial charge is 0.262 e. The van der Waals surface area contributed by atoms with Crippen LogP contribution in [0.4, 0.5) is 8.78 Å². The Hall–Kier alpha value is -1.80. The summed E-state index contributed by atoms with van der Waals surface area (Å²) >= 11 is 0. The van der Waals surface area contributed by atoms with Crippen molar-refractivity contribution in [1.82, 2.24) is 13.9 Å². The second-order valence-electron chi connectivity index (χ2n) is 4.95. The quantitative estimate of drug-likeness (QED) is 0.843. The van der Waals surface area contributed by atoms with Crippen LogP contribution >= 0.6 is 0 Å². The number of halogens is 2. The highest BCUT2D eigenvalue weighted by atomic mass is 32.2. The molecule has 0 fully saturated rings. The summed E-state index contributed by atoms with van der Waals surface area (Å²) in [6.07, 6.45) is 2.91. The van der Waals surface area contributed by atoms with Gasteiger partial charge in [0.2, 0.25) is 0 Å². The molecule has 0 spiro atoms. The molecular weight excluding hydrogens is 300 g/mol. The molecule has 112 valence electrons. The van der Waals surface area contributed by atoms with Crippen LogP contribution in [-0.4, -0.2) is 28.8 Å². The van der Waals surface area contributed by atoms with E-state index in [4.69, 9.17) is 0 Å². The van der Waals surface area contributed by atoms with Crippen LogP contribution in [0.5, 0.6) is 0 Å². The number of benzene rings is 1. The Kier molecular flexibility index (Phi) is 3.29. The van der Waals surface area contributed by atoms with Gasteiger partial charge in [-0.3, -0.25) is 0 Å². The van der Waals surface area contributed by atoms with E-state index in [0.717, 1.165) is 16.4 Å². The molecule has 0 bridgehead atoms. The van der Waals surface area contributed by atoms with Crippen molar-refractivity contribution in [2.24, 2.45) is 7.05 Å². The maximum atomic E-state index is 13.8. The molecule has 2 heterocycles. The van der Waals surface area contributed by atoms with Crippen molar-refractivity contribution in [3.63, 3.8) is 0 Å². The van der Waals surface area contributed by atoms with E-state index in [-0.39, 0.29) is 35.7 Å². The highest BCUT2D eigenvalue weighted by molar-refractivity contribution is 7.89. The number of aryl methyl sites for hydroxylation is 1. The maximum absolute atomic E-state index is 13.8. The zero-order valence-corrected chi connectivity index (χ0v) is 12.1. The first kappa shape index (κ1) is 14.2. The van der Waals surface area contributed by atoms with E-state index >= 15 is 0 Å². The molecule has 1 aromatic carbocycles. The minimum atomic E-state index is -3.80. The van der Waals surface area contributed by atoms with Gasteiger partial charge in [0.05, 0.1) is 6.33 Å². The first-order chi connectivity index (χ1) is 9.89. The minimum Gasteiger partial charge on any atom is -0.339 e. The lowest BCUT2D eigenvalue weighted by Crippen LogP contribution is -2.37. The molecule has 5 nitrogen and oxygen atoms in total. The highest BCUT2D eigenvalue weighted by Gasteiger charge is 2.32. The summed E-state index contributed by atoms with van der Waals surface area (Å²) < 4.78 is 55.0. The Labute approximate surface area is 120 Å². The molecule has 0 radical (unpaired) electrons. The second kappa shape index (κ2) is 4.88. The predicted molar refractivity (Wildman–Crippen MR) is 70.9 cm³/mol. The van der Waals surface area contributed by atoms with Crippen LogP contribution in [0.25, 0.3) is 0 Å². The van der Waals surface area contributed by atoms with E-state index < -0.39 is 21.7 Å². The fourth-order valence-corrected chi connectivity index (χ4v) is 3.80. The molecule has 0 unspecified atom stereocenters. The van der Waals surface area contributed by atoms with Gasteiger partial charge in [-0.1, -0.05) is 0 Å². The maximum Gasteiger partial charge on any atom is 0.262 e. The van der Waals surface area contributed by atoms with E-state index in [9.17, 15) is 17.2 Å². The average Bonchev–Trinajstić information content (AvgIpc) is 2.90. The lowest BCUT2D eigenvalue weighted by Gasteiger charge is -2.27. The SMILES string of the molecule is Cn1cnc(S(=O)(=O)N2CCc3c(F)ccc(F)c3C2)c1. The Morgan fingerprint density at radius 3 is 2.48 bits per heavy atom. The third-order valence-electron chi connectivity index (χ3n) is 3.55. The van der Waals surface area contributed by atoms with Crippen molar-refractivity contribution in [3.05, 3.63) is 47.4 Å². The largest absolute Gasteiger partial charge is 0.339 e. The van der Waals surface area contributed by atoms with Crippen molar-refractivity contribution in [2.45, 2.75) is 18.0 Å². The number of fused-ring (bicyclic) bond motifs is 1. The van der Waals surface area contributed by atoms with Gasteiger partial charge < -0.3 is 4.57 Å². The number of imidazole rings is 1. The number of rotatable bonds is 2. The molecule has 2 aromatic rings. The molecule has 21 heavy (non-hydrogen) atoms. The first-order valence-electron chi connectivity index (χ1n) is 6.33. The van der Waals surface area contributed by atoms with Crippen molar-refractivity contribution >= 4 is 10.0 Å². The average molecular weight is 313 g/mol. The van der Waals surface area contributed by atoms with Crippen LogP contribution in [-0.2, 0) is 30.0 Å². The fraction of sp³-hybridized carbons (Fsp3) is 0.308. The Morgan fingerprint density at radius 1 is 1.19 bits per heavy atom. The van der Waals surface area contributed by atoms with Crippen LogP contribution < -0.4 is 0 Å². The molecular formula is C13H13F2N3O2S. The van der Waals surface area contributed by atoms with Crippen molar-refractivity contribution < 1.29 is 17.2 Å². The molecule has 1 aliphatic heterocycles. The van der Waals surface area contributed by atoms with Gasteiger partial charge in [-0.05, 0) is 24.1 Å². The third kappa shape index (κ3) is 2.34. The molecule has 0 saturated heterocycles. The van der Waals surface area contributed by atoms with E-state index in [0.29, 0.717) is 0 Å². The summed E-state index contributed by atoms with van der Waals surface area (Å²) in [5.74, 6) is -1.09. The van der Waals surface area contributed by atoms with Gasteiger partial charge in [0.15, 0.2) is 5.03 Å². The topological polar surface area (TPSA) is 55.2 Å². The van der Waals surface area contributed by atoms with Crippen molar-refractivity contribution in [3.8, 4) is 0 Å². The normalized spacial score (nSPS) is 16.0. The van der Waals surface area contributed by atoms with Crippen molar-refractivity contribution in [1.29, 1.82) is 0 Å². The zero-order chi connectivity index (χ0) is 15.2. The molecule has 0 atom stereocenters. The third-order valence-corrected chi connectivity index (χ3v) is 5.28. The Balaban J connectivity index is 1.98. The summed E-state index contributed by atoms with van der Waals surface area (Å²) in [7, 11) is -2.14. The Bertz CT molecular complexity index is 802. The summed E-state index contributed by atoms with van der Waals surface area (Å²) in [6, 6.07) is 2.09. The van der Waals surface area contributed by atoms with Crippen LogP contribution in [0.15, 0.2) is 29.7 Å². The number of hydrogen-bond donors (Lipinski definition) is 0. The monoisotopic (exact) mass is 313 g/mol. The van der Waals surface area contributed by atoms with Crippen LogP contribution in [0.3, 0.4) is 0 Å². The Morgan fingerprint density at radius 2 is 1.86 bits per heavy atom. The van der Waals surface area contributed by atoms with E-state index in [2.05, 4.69) is 4.98 Å². The highest BCUT2D eigenvalue weighted by Crippen LogP contribution is 2.27. The van der Waals surface area contributed by atoms with E-state index in [1.54, 1.807) is 7.05 Å². The van der Waals surface area contributed by atoms with Crippen molar-refractivity contribution in [2.75, 3.05) is 6.54 Å². The molecule has 3 rings (SSSR count). The number of sulfonamides is 1. The standard InChI is InChI=1S/C13H13F2N3O2S/c1-17-7-13(16-8-17)21(19,20)18-5-4-9-10(6-18)12(15)3-2-11(9)14/h2-3,7-8H,4-6H2,1H3. The summed E-state index contributed by atoms with van der Waals surface area (Å²) in [4.78, 5) is 3.82. The second-order valence-corrected chi connectivity index (χ2v) is 6.84. The van der Waals surface area contributed by atoms with Gasteiger partial charge in [-0.15, -0.1) is 0 Å². The van der Waals surface area contributed by atoms with E-state index in [1.165, 1.54) is 17.1 Å². The van der Waals surface area contributed by atoms with E-state index in [1.807, 2.05) is 0 Å². The zero-order valence-electron chi connectivity index (χ0n) is 11.3. The number of hydrogen-bond acceptors (Lipinski definition) is 3. The van der Waals surface area contributed by atoms with Crippen LogP contribution in [0.2, 0.25) is 0 Å².